The largest absolute Gasteiger partial charge is 0.463 e. The summed E-state index contributed by atoms with van der Waals surface area (Å²) >= 11 is 0. The Morgan fingerprint density at radius 1 is 1.12 bits per heavy atom. The molecule has 0 saturated carbocycles. The number of rotatable bonds is 5. The summed E-state index contributed by atoms with van der Waals surface area (Å²) in [5, 5.41) is 0. The SMILES string of the molecule is CC(=O)OC[C@H]1O[C@H](ONC(=O)OC(C)(C)C)C=C[C@@H]1OC(C)=O. The van der Waals surface area contributed by atoms with Gasteiger partial charge in [0.25, 0.3) is 0 Å². The molecule has 0 bridgehead atoms. The first kappa shape index (κ1) is 19.9. The summed E-state index contributed by atoms with van der Waals surface area (Å²) in [6, 6.07) is 0. The van der Waals surface area contributed by atoms with Gasteiger partial charge in [-0.2, -0.15) is 5.48 Å². The quantitative estimate of drug-likeness (QED) is 0.343. The van der Waals surface area contributed by atoms with E-state index in [-0.39, 0.29) is 6.61 Å². The molecule has 0 fully saturated rings. The lowest BCUT2D eigenvalue weighted by molar-refractivity contribution is -0.211. The van der Waals surface area contributed by atoms with Crippen LogP contribution in [0.1, 0.15) is 34.6 Å². The number of carbonyl (C=O) groups is 3. The molecular formula is C15H23NO8. The van der Waals surface area contributed by atoms with Gasteiger partial charge in [0.2, 0.25) is 6.29 Å². The summed E-state index contributed by atoms with van der Waals surface area (Å²) in [4.78, 5) is 38.6. The normalized spacial score (nSPS) is 23.3. The summed E-state index contributed by atoms with van der Waals surface area (Å²) < 4.78 is 20.5. The number of ether oxygens (including phenoxy) is 4. The van der Waals surface area contributed by atoms with Crippen molar-refractivity contribution in [2.45, 2.75) is 58.7 Å². The molecule has 3 atom stereocenters. The first-order valence-electron chi connectivity index (χ1n) is 7.36. The van der Waals surface area contributed by atoms with Crippen LogP contribution in [0.25, 0.3) is 0 Å². The molecule has 136 valence electrons. The van der Waals surface area contributed by atoms with E-state index in [0.29, 0.717) is 0 Å². The van der Waals surface area contributed by atoms with E-state index in [4.69, 9.17) is 23.8 Å². The van der Waals surface area contributed by atoms with Gasteiger partial charge in [0, 0.05) is 13.8 Å². The number of carbonyl (C=O) groups excluding carboxylic acids is 3. The Morgan fingerprint density at radius 3 is 2.33 bits per heavy atom. The standard InChI is InChI=1S/C15H23NO8/c1-9(17)20-8-12-11(21-10(2)18)6-7-13(22-12)24-16-14(19)23-15(3,4)5/h6-7,11-13H,8H2,1-5H3,(H,16,19)/t11-,12+,13+/m0/s1. The van der Waals surface area contributed by atoms with E-state index in [1.807, 2.05) is 0 Å². The molecule has 0 saturated heterocycles. The highest BCUT2D eigenvalue weighted by atomic mass is 16.8. The van der Waals surface area contributed by atoms with Gasteiger partial charge < -0.3 is 18.9 Å². The van der Waals surface area contributed by atoms with Gasteiger partial charge in [0.1, 0.15) is 24.4 Å². The lowest BCUT2D eigenvalue weighted by Gasteiger charge is -2.31. The van der Waals surface area contributed by atoms with Crippen molar-refractivity contribution in [3.05, 3.63) is 12.2 Å². The average molecular weight is 345 g/mol. The lowest BCUT2D eigenvalue weighted by Crippen LogP contribution is -2.44. The van der Waals surface area contributed by atoms with Gasteiger partial charge >= 0.3 is 18.0 Å². The molecule has 9 heteroatoms. The molecule has 1 aliphatic heterocycles. The zero-order chi connectivity index (χ0) is 18.3. The molecule has 0 aliphatic carbocycles. The summed E-state index contributed by atoms with van der Waals surface area (Å²) in [6.45, 7) is 7.50. The van der Waals surface area contributed by atoms with Crippen LogP contribution in [0.2, 0.25) is 0 Å². The third kappa shape index (κ3) is 7.93. The predicted octanol–water partition coefficient (Wildman–Crippen LogP) is 1.22. The third-order valence-corrected chi connectivity index (χ3v) is 2.54. The van der Waals surface area contributed by atoms with Crippen LogP contribution in [0.5, 0.6) is 0 Å². The molecule has 1 N–H and O–H groups in total. The second-order valence-corrected chi connectivity index (χ2v) is 6.03. The van der Waals surface area contributed by atoms with Crippen LogP contribution >= 0.6 is 0 Å². The van der Waals surface area contributed by atoms with Crippen molar-refractivity contribution < 1.29 is 38.2 Å². The Balaban J connectivity index is 2.59. The summed E-state index contributed by atoms with van der Waals surface area (Å²) in [7, 11) is 0. The first-order chi connectivity index (χ1) is 11.1. The molecule has 1 aliphatic rings. The Kier molecular flexibility index (Phi) is 7.18. The minimum Gasteiger partial charge on any atom is -0.463 e. The lowest BCUT2D eigenvalue weighted by atomic mass is 10.1. The molecule has 9 nitrogen and oxygen atoms in total. The van der Waals surface area contributed by atoms with Gasteiger partial charge in [-0.3, -0.25) is 9.59 Å². The van der Waals surface area contributed by atoms with Crippen LogP contribution in [0.15, 0.2) is 12.2 Å². The molecule has 0 aromatic rings. The Bertz CT molecular complexity index is 496. The van der Waals surface area contributed by atoms with E-state index in [1.54, 1.807) is 20.8 Å². The smallest absolute Gasteiger partial charge is 0.431 e. The zero-order valence-electron chi connectivity index (χ0n) is 14.4. The number of hydroxylamine groups is 1. The van der Waals surface area contributed by atoms with E-state index in [1.165, 1.54) is 26.0 Å². The van der Waals surface area contributed by atoms with E-state index in [9.17, 15) is 14.4 Å². The van der Waals surface area contributed by atoms with Gasteiger partial charge in [0.05, 0.1) is 0 Å². The minimum atomic E-state index is -0.954. The van der Waals surface area contributed by atoms with Gasteiger partial charge in [0.15, 0.2) is 0 Å². The molecule has 0 aromatic heterocycles. The second kappa shape index (κ2) is 8.65. The van der Waals surface area contributed by atoms with Crippen molar-refractivity contribution in [3.8, 4) is 0 Å². The monoisotopic (exact) mass is 345 g/mol. The van der Waals surface area contributed by atoms with Gasteiger partial charge in [-0.25, -0.2) is 9.63 Å². The minimum absolute atomic E-state index is 0.135. The molecule has 1 heterocycles. The fourth-order valence-electron chi connectivity index (χ4n) is 1.73. The Hall–Kier alpha value is -2.13. The highest BCUT2D eigenvalue weighted by molar-refractivity contribution is 5.67. The van der Waals surface area contributed by atoms with Crippen LogP contribution in [0, 0.1) is 0 Å². The van der Waals surface area contributed by atoms with Crippen molar-refractivity contribution in [1.29, 1.82) is 0 Å². The number of hydrogen-bond donors (Lipinski definition) is 1. The van der Waals surface area contributed by atoms with Crippen molar-refractivity contribution in [2.24, 2.45) is 0 Å². The van der Waals surface area contributed by atoms with Crippen LogP contribution < -0.4 is 5.48 Å². The van der Waals surface area contributed by atoms with Crippen molar-refractivity contribution in [3.63, 3.8) is 0 Å². The van der Waals surface area contributed by atoms with Crippen LogP contribution in [0.3, 0.4) is 0 Å². The average Bonchev–Trinajstić information content (AvgIpc) is 2.42. The molecular weight excluding hydrogens is 322 g/mol. The van der Waals surface area contributed by atoms with Crippen molar-refractivity contribution in [2.75, 3.05) is 6.61 Å². The van der Waals surface area contributed by atoms with Crippen LogP contribution in [-0.2, 0) is 33.4 Å². The maximum atomic E-state index is 11.5. The van der Waals surface area contributed by atoms with E-state index >= 15 is 0 Å². The van der Waals surface area contributed by atoms with E-state index in [0.717, 1.165) is 0 Å². The Labute approximate surface area is 140 Å². The number of esters is 2. The van der Waals surface area contributed by atoms with Gasteiger partial charge in [-0.15, -0.1) is 0 Å². The van der Waals surface area contributed by atoms with Crippen LogP contribution in [0.4, 0.5) is 4.79 Å². The number of hydrogen-bond acceptors (Lipinski definition) is 8. The number of nitrogens with one attached hydrogen (secondary N) is 1. The molecule has 0 radical (unpaired) electrons. The van der Waals surface area contributed by atoms with E-state index in [2.05, 4.69) is 5.48 Å². The highest BCUT2D eigenvalue weighted by Gasteiger charge is 2.31. The molecule has 24 heavy (non-hydrogen) atoms. The predicted molar refractivity (Wildman–Crippen MR) is 80.4 cm³/mol. The maximum absolute atomic E-state index is 11.5. The van der Waals surface area contributed by atoms with Gasteiger partial charge in [-0.1, -0.05) is 0 Å². The topological polar surface area (TPSA) is 109 Å². The fraction of sp³-hybridized carbons (Fsp3) is 0.667. The Morgan fingerprint density at radius 2 is 1.79 bits per heavy atom. The molecule has 1 amide bonds. The highest BCUT2D eigenvalue weighted by Crippen LogP contribution is 2.17. The fourth-order valence-corrected chi connectivity index (χ4v) is 1.73. The molecule has 0 spiro atoms. The molecule has 1 rings (SSSR count). The first-order valence-corrected chi connectivity index (χ1v) is 7.36. The summed E-state index contributed by atoms with van der Waals surface area (Å²) in [6.07, 6.45) is -0.255. The van der Waals surface area contributed by atoms with Crippen molar-refractivity contribution in [1.82, 2.24) is 5.48 Å². The third-order valence-electron chi connectivity index (χ3n) is 2.54. The van der Waals surface area contributed by atoms with Gasteiger partial charge in [-0.05, 0) is 32.9 Å². The maximum Gasteiger partial charge on any atom is 0.431 e. The summed E-state index contributed by atoms with van der Waals surface area (Å²) in [5.41, 5.74) is 1.43. The summed E-state index contributed by atoms with van der Waals surface area (Å²) in [5.74, 6) is -1.01. The van der Waals surface area contributed by atoms with Crippen molar-refractivity contribution >= 4 is 18.0 Å². The molecule has 0 unspecified atom stereocenters. The zero-order valence-corrected chi connectivity index (χ0v) is 14.4. The van der Waals surface area contributed by atoms with E-state index < -0.39 is 42.1 Å². The van der Waals surface area contributed by atoms with Crippen LogP contribution in [-0.4, -0.2) is 48.7 Å². The number of amides is 1. The molecule has 0 aromatic carbocycles. The second-order valence-electron chi connectivity index (χ2n) is 6.03.